The molecule has 3 rings (SSSR count). The minimum absolute atomic E-state index is 0.310. The van der Waals surface area contributed by atoms with Gasteiger partial charge in [0.15, 0.2) is 0 Å². The summed E-state index contributed by atoms with van der Waals surface area (Å²) < 4.78 is 0. The van der Waals surface area contributed by atoms with Crippen LogP contribution in [0.2, 0.25) is 0 Å². The van der Waals surface area contributed by atoms with Crippen LogP contribution in [0.25, 0.3) is 0 Å². The summed E-state index contributed by atoms with van der Waals surface area (Å²) in [5.74, 6) is 0. The van der Waals surface area contributed by atoms with Crippen LogP contribution < -0.4 is 16.4 Å². The zero-order chi connectivity index (χ0) is 16.4. The molecule has 0 amide bonds. The Bertz CT molecular complexity index is 677. The molecular formula is C20H15B3. The molecule has 0 aliphatic rings. The van der Waals surface area contributed by atoms with E-state index in [1.165, 1.54) is 16.7 Å². The van der Waals surface area contributed by atoms with Crippen LogP contribution in [0.4, 0.5) is 0 Å². The number of hydrogen-bond donors (Lipinski definition) is 0. The zero-order valence-electron chi connectivity index (χ0n) is 13.2. The average molecular weight is 288 g/mol. The van der Waals surface area contributed by atoms with Crippen molar-refractivity contribution < 1.29 is 0 Å². The van der Waals surface area contributed by atoms with E-state index in [1.807, 2.05) is 36.4 Å². The van der Waals surface area contributed by atoms with Crippen LogP contribution in [-0.4, -0.2) is 23.5 Å². The third-order valence-electron chi connectivity index (χ3n) is 4.46. The Hall–Kier alpha value is -2.15. The van der Waals surface area contributed by atoms with Crippen LogP contribution in [0.3, 0.4) is 0 Å². The van der Waals surface area contributed by atoms with Gasteiger partial charge < -0.3 is 0 Å². The summed E-state index contributed by atoms with van der Waals surface area (Å²) >= 11 is 0. The largest absolute Gasteiger partial charge is 0.113 e. The topological polar surface area (TPSA) is 0 Å². The van der Waals surface area contributed by atoms with Gasteiger partial charge in [0, 0.05) is 5.41 Å². The quantitative estimate of drug-likeness (QED) is 0.505. The molecule has 0 saturated heterocycles. The Morgan fingerprint density at radius 2 is 0.696 bits per heavy atom. The molecule has 0 aromatic heterocycles. The zero-order valence-corrected chi connectivity index (χ0v) is 13.2. The summed E-state index contributed by atoms with van der Waals surface area (Å²) in [5.41, 5.74) is 5.46. The van der Waals surface area contributed by atoms with Crippen molar-refractivity contribution in [1.82, 2.24) is 0 Å². The molecule has 6 radical (unpaired) electrons. The molecule has 0 spiro atoms. The van der Waals surface area contributed by atoms with E-state index in [2.05, 4.69) is 43.3 Å². The lowest BCUT2D eigenvalue weighted by Crippen LogP contribution is -2.27. The maximum atomic E-state index is 5.85. The molecule has 3 aromatic carbocycles. The standard InChI is InChI=1S/C20H15B3/c1-20(14-2-8-17(21)9-3-14,15-4-10-18(22)11-5-15)16-6-12-19(23)13-7-16/h2-13H,1H3. The molecule has 0 nitrogen and oxygen atoms in total. The molecule has 104 valence electrons. The van der Waals surface area contributed by atoms with E-state index in [0.29, 0.717) is 0 Å². The molecule has 0 aliphatic carbocycles. The van der Waals surface area contributed by atoms with Gasteiger partial charge >= 0.3 is 0 Å². The Morgan fingerprint density at radius 1 is 0.478 bits per heavy atom. The predicted octanol–water partition coefficient (Wildman–Crippen LogP) is 1.42. The smallest absolute Gasteiger partial charge is 0.0967 e. The van der Waals surface area contributed by atoms with E-state index < -0.39 is 0 Å². The maximum Gasteiger partial charge on any atom is 0.113 e. The third-order valence-corrected chi connectivity index (χ3v) is 4.46. The van der Waals surface area contributed by atoms with Gasteiger partial charge in [0.25, 0.3) is 0 Å². The maximum absolute atomic E-state index is 5.85. The van der Waals surface area contributed by atoms with Gasteiger partial charge in [-0.05, 0) is 23.6 Å². The normalized spacial score (nSPS) is 11.3. The summed E-state index contributed by atoms with van der Waals surface area (Å²) in [6.07, 6.45) is 0. The van der Waals surface area contributed by atoms with Crippen molar-refractivity contribution in [3.63, 3.8) is 0 Å². The van der Waals surface area contributed by atoms with Crippen LogP contribution in [0.1, 0.15) is 23.6 Å². The van der Waals surface area contributed by atoms with Crippen molar-refractivity contribution in [3.05, 3.63) is 89.5 Å². The van der Waals surface area contributed by atoms with Gasteiger partial charge in [0.2, 0.25) is 0 Å². The average Bonchev–Trinajstić information content (AvgIpc) is 2.56. The Morgan fingerprint density at radius 3 is 0.913 bits per heavy atom. The van der Waals surface area contributed by atoms with Crippen LogP contribution in [0.5, 0.6) is 0 Å². The van der Waals surface area contributed by atoms with E-state index in [4.69, 9.17) is 23.5 Å². The van der Waals surface area contributed by atoms with E-state index in [0.717, 1.165) is 16.4 Å². The highest BCUT2D eigenvalue weighted by atomic mass is 14.3. The fourth-order valence-corrected chi connectivity index (χ4v) is 2.95. The van der Waals surface area contributed by atoms with E-state index in [-0.39, 0.29) is 5.41 Å². The second-order valence-electron chi connectivity index (χ2n) is 5.99. The SMILES string of the molecule is [B]c1ccc(C(C)(c2ccc([B])cc2)c2ccc([B])cc2)cc1. The molecule has 3 aromatic rings. The monoisotopic (exact) mass is 288 g/mol. The van der Waals surface area contributed by atoms with Crippen LogP contribution in [-0.2, 0) is 5.41 Å². The Balaban J connectivity index is 2.21. The molecular weight excluding hydrogens is 273 g/mol. The summed E-state index contributed by atoms with van der Waals surface area (Å²) in [6.45, 7) is 2.20. The highest BCUT2D eigenvalue weighted by molar-refractivity contribution is 6.32. The second kappa shape index (κ2) is 6.16. The first kappa shape index (κ1) is 15.7. The first-order chi connectivity index (χ1) is 11.0. The fraction of sp³-hybridized carbons (Fsp3) is 0.100. The summed E-state index contributed by atoms with van der Waals surface area (Å²) in [4.78, 5) is 0. The lowest BCUT2D eigenvalue weighted by Gasteiger charge is -2.32. The van der Waals surface area contributed by atoms with Gasteiger partial charge in [-0.15, -0.1) is 0 Å². The lowest BCUT2D eigenvalue weighted by molar-refractivity contribution is 0.693. The first-order valence-corrected chi connectivity index (χ1v) is 7.58. The summed E-state index contributed by atoms with van der Waals surface area (Å²) in [7, 11) is 17.6. The van der Waals surface area contributed by atoms with Gasteiger partial charge in [-0.25, -0.2) is 0 Å². The van der Waals surface area contributed by atoms with Crippen molar-refractivity contribution in [2.75, 3.05) is 0 Å². The highest BCUT2D eigenvalue weighted by Crippen LogP contribution is 2.37. The molecule has 0 unspecified atom stereocenters. The molecule has 0 saturated carbocycles. The van der Waals surface area contributed by atoms with Crippen molar-refractivity contribution in [3.8, 4) is 0 Å². The Kier molecular flexibility index (Phi) is 4.21. The molecule has 0 bridgehead atoms. The lowest BCUT2D eigenvalue weighted by atomic mass is 9.70. The van der Waals surface area contributed by atoms with Gasteiger partial charge in [-0.3, -0.25) is 0 Å². The molecule has 23 heavy (non-hydrogen) atoms. The number of benzene rings is 3. The van der Waals surface area contributed by atoms with Gasteiger partial charge in [-0.2, -0.15) is 0 Å². The molecule has 0 atom stereocenters. The van der Waals surface area contributed by atoms with Crippen molar-refractivity contribution in [1.29, 1.82) is 0 Å². The fourth-order valence-electron chi connectivity index (χ4n) is 2.95. The van der Waals surface area contributed by atoms with Crippen molar-refractivity contribution >= 4 is 39.9 Å². The second-order valence-corrected chi connectivity index (χ2v) is 5.99. The van der Waals surface area contributed by atoms with Gasteiger partial charge in [0.1, 0.15) is 23.5 Å². The summed E-state index contributed by atoms with van der Waals surface area (Å²) in [5, 5.41) is 0. The molecule has 0 fully saturated rings. The minimum Gasteiger partial charge on any atom is -0.0967 e. The van der Waals surface area contributed by atoms with Crippen LogP contribution >= 0.6 is 0 Å². The van der Waals surface area contributed by atoms with E-state index in [9.17, 15) is 0 Å². The molecule has 0 heterocycles. The predicted molar refractivity (Wildman–Crippen MR) is 101 cm³/mol. The van der Waals surface area contributed by atoms with Crippen molar-refractivity contribution in [2.24, 2.45) is 0 Å². The van der Waals surface area contributed by atoms with Gasteiger partial charge in [-0.1, -0.05) is 89.2 Å². The summed E-state index contributed by atoms with van der Waals surface area (Å²) in [6, 6.07) is 24.0. The van der Waals surface area contributed by atoms with E-state index in [1.54, 1.807) is 0 Å². The number of rotatable bonds is 3. The van der Waals surface area contributed by atoms with Crippen LogP contribution in [0.15, 0.2) is 72.8 Å². The van der Waals surface area contributed by atoms with E-state index >= 15 is 0 Å². The number of hydrogen-bond acceptors (Lipinski definition) is 0. The van der Waals surface area contributed by atoms with Crippen molar-refractivity contribution in [2.45, 2.75) is 12.3 Å². The molecule has 3 heteroatoms. The first-order valence-electron chi connectivity index (χ1n) is 7.58. The van der Waals surface area contributed by atoms with Gasteiger partial charge in [0.05, 0.1) is 0 Å². The van der Waals surface area contributed by atoms with Crippen LogP contribution in [0, 0.1) is 0 Å². The highest BCUT2D eigenvalue weighted by Gasteiger charge is 2.30. The minimum atomic E-state index is -0.310. The molecule has 0 N–H and O–H groups in total. The molecule has 0 aliphatic heterocycles. The third kappa shape index (κ3) is 3.01. The Labute approximate surface area is 142 Å².